The van der Waals surface area contributed by atoms with Crippen LogP contribution < -0.4 is 0 Å². The average Bonchev–Trinajstić information content (AvgIpc) is 2.50. The molecular formula is C16H19NO6. The van der Waals surface area contributed by atoms with Gasteiger partial charge in [-0.2, -0.15) is 0 Å². The van der Waals surface area contributed by atoms with Crippen molar-refractivity contribution >= 4 is 18.0 Å². The van der Waals surface area contributed by atoms with Crippen LogP contribution in [0.25, 0.3) is 6.08 Å². The quantitative estimate of drug-likeness (QED) is 0.331. The molecule has 0 radical (unpaired) electrons. The zero-order valence-electron chi connectivity index (χ0n) is 13.2. The molecule has 124 valence electrons. The van der Waals surface area contributed by atoms with Gasteiger partial charge in [0.1, 0.15) is 0 Å². The SMILES string of the molecule is CCOC(=O)/C=C/c1ccccc1C(OC(C)=O)C(C)[N+](=O)[O-]. The Balaban J connectivity index is 3.19. The molecule has 0 spiro atoms. The number of ether oxygens (including phenoxy) is 2. The third kappa shape index (κ3) is 5.54. The molecule has 0 aromatic heterocycles. The summed E-state index contributed by atoms with van der Waals surface area (Å²) in [6.45, 7) is 4.49. The zero-order valence-corrected chi connectivity index (χ0v) is 13.2. The van der Waals surface area contributed by atoms with Crippen molar-refractivity contribution in [3.05, 3.63) is 51.6 Å². The molecule has 0 amide bonds. The Bertz CT molecular complexity index is 610. The van der Waals surface area contributed by atoms with Gasteiger partial charge in [0.05, 0.1) is 6.61 Å². The van der Waals surface area contributed by atoms with Crippen LogP contribution in [0.4, 0.5) is 0 Å². The van der Waals surface area contributed by atoms with Gasteiger partial charge in [-0.25, -0.2) is 4.79 Å². The van der Waals surface area contributed by atoms with Crippen molar-refractivity contribution in [2.75, 3.05) is 6.61 Å². The fourth-order valence-corrected chi connectivity index (χ4v) is 1.98. The minimum absolute atomic E-state index is 0.249. The molecule has 0 heterocycles. The van der Waals surface area contributed by atoms with Gasteiger partial charge in [-0.1, -0.05) is 24.3 Å². The van der Waals surface area contributed by atoms with Gasteiger partial charge in [0.25, 0.3) is 6.04 Å². The molecule has 0 aliphatic rings. The van der Waals surface area contributed by atoms with Crippen molar-refractivity contribution in [2.45, 2.75) is 32.9 Å². The zero-order chi connectivity index (χ0) is 17.4. The first-order chi connectivity index (χ1) is 10.9. The van der Waals surface area contributed by atoms with E-state index in [4.69, 9.17) is 9.47 Å². The number of esters is 2. The van der Waals surface area contributed by atoms with E-state index in [1.165, 1.54) is 26.0 Å². The summed E-state index contributed by atoms with van der Waals surface area (Å²) in [6.07, 6.45) is 1.66. The second-order valence-corrected chi connectivity index (χ2v) is 4.77. The highest BCUT2D eigenvalue weighted by atomic mass is 16.6. The summed E-state index contributed by atoms with van der Waals surface area (Å²) in [4.78, 5) is 33.3. The molecule has 0 aliphatic heterocycles. The Morgan fingerprint density at radius 1 is 1.35 bits per heavy atom. The maximum absolute atomic E-state index is 11.4. The largest absolute Gasteiger partial charge is 0.463 e. The van der Waals surface area contributed by atoms with E-state index < -0.39 is 29.0 Å². The normalized spacial score (nSPS) is 13.3. The van der Waals surface area contributed by atoms with Crippen molar-refractivity contribution in [1.29, 1.82) is 0 Å². The van der Waals surface area contributed by atoms with Crippen LogP contribution >= 0.6 is 0 Å². The molecule has 0 bridgehead atoms. The van der Waals surface area contributed by atoms with E-state index >= 15 is 0 Å². The van der Waals surface area contributed by atoms with Gasteiger partial charge in [0, 0.05) is 30.4 Å². The van der Waals surface area contributed by atoms with Gasteiger partial charge >= 0.3 is 11.9 Å². The van der Waals surface area contributed by atoms with Crippen molar-refractivity contribution in [2.24, 2.45) is 0 Å². The molecule has 2 unspecified atom stereocenters. The Hall–Kier alpha value is -2.70. The second kappa shape index (κ2) is 8.67. The van der Waals surface area contributed by atoms with Gasteiger partial charge in [-0.05, 0) is 18.6 Å². The van der Waals surface area contributed by atoms with Crippen LogP contribution in [0.2, 0.25) is 0 Å². The predicted octanol–water partition coefficient (Wildman–Crippen LogP) is 2.53. The number of nitro groups is 1. The fraction of sp³-hybridized carbons (Fsp3) is 0.375. The van der Waals surface area contributed by atoms with E-state index in [-0.39, 0.29) is 6.61 Å². The molecular weight excluding hydrogens is 302 g/mol. The van der Waals surface area contributed by atoms with E-state index in [1.54, 1.807) is 31.2 Å². The summed E-state index contributed by atoms with van der Waals surface area (Å²) in [7, 11) is 0. The molecule has 0 saturated heterocycles. The number of benzene rings is 1. The van der Waals surface area contributed by atoms with Crippen LogP contribution in [0, 0.1) is 10.1 Å². The van der Waals surface area contributed by atoms with Crippen molar-refractivity contribution in [3.63, 3.8) is 0 Å². The van der Waals surface area contributed by atoms with Gasteiger partial charge in [-0.15, -0.1) is 0 Å². The topological polar surface area (TPSA) is 95.7 Å². The van der Waals surface area contributed by atoms with E-state index in [1.807, 2.05) is 0 Å². The first-order valence-corrected chi connectivity index (χ1v) is 7.11. The lowest BCUT2D eigenvalue weighted by Crippen LogP contribution is -2.28. The minimum atomic E-state index is -1.13. The van der Waals surface area contributed by atoms with Gasteiger partial charge in [0.15, 0.2) is 6.10 Å². The Labute approximate surface area is 134 Å². The van der Waals surface area contributed by atoms with E-state index in [0.717, 1.165) is 0 Å². The molecule has 0 saturated carbocycles. The number of rotatable bonds is 7. The molecule has 7 nitrogen and oxygen atoms in total. The van der Waals surface area contributed by atoms with Gasteiger partial charge in [0.2, 0.25) is 0 Å². The van der Waals surface area contributed by atoms with Crippen LogP contribution in [0.3, 0.4) is 0 Å². The maximum atomic E-state index is 11.4. The summed E-state index contributed by atoms with van der Waals surface area (Å²) in [5, 5.41) is 11.1. The maximum Gasteiger partial charge on any atom is 0.330 e. The molecule has 1 rings (SSSR count). The molecule has 7 heteroatoms. The van der Waals surface area contributed by atoms with Gasteiger partial charge < -0.3 is 9.47 Å². The first kappa shape index (κ1) is 18.3. The third-order valence-corrected chi connectivity index (χ3v) is 3.05. The van der Waals surface area contributed by atoms with Crippen LogP contribution in [0.15, 0.2) is 30.3 Å². The number of carbonyl (C=O) groups excluding carboxylic acids is 2. The lowest BCUT2D eigenvalue weighted by molar-refractivity contribution is -0.530. The summed E-state index contributed by atoms with van der Waals surface area (Å²) in [5.41, 5.74) is 0.993. The molecule has 1 aromatic rings. The molecule has 0 N–H and O–H groups in total. The van der Waals surface area contributed by atoms with E-state index in [9.17, 15) is 19.7 Å². The second-order valence-electron chi connectivity index (χ2n) is 4.77. The first-order valence-electron chi connectivity index (χ1n) is 7.11. The number of hydrogen-bond donors (Lipinski definition) is 0. The smallest absolute Gasteiger partial charge is 0.330 e. The standard InChI is InChI=1S/C16H19NO6/c1-4-22-15(19)10-9-13-7-5-6-8-14(13)16(23-12(3)18)11(2)17(20)21/h5-11,16H,4H2,1-3H3/b10-9+. The third-order valence-electron chi connectivity index (χ3n) is 3.05. The monoisotopic (exact) mass is 321 g/mol. The predicted molar refractivity (Wildman–Crippen MR) is 83.1 cm³/mol. The minimum Gasteiger partial charge on any atom is -0.463 e. The summed E-state index contributed by atoms with van der Waals surface area (Å²) in [5.74, 6) is -1.14. The van der Waals surface area contributed by atoms with Crippen LogP contribution in [0.5, 0.6) is 0 Å². The highest BCUT2D eigenvalue weighted by Crippen LogP contribution is 2.27. The van der Waals surface area contributed by atoms with E-state index in [0.29, 0.717) is 11.1 Å². The molecule has 0 fully saturated rings. The Kier molecular flexibility index (Phi) is 6.92. The Morgan fingerprint density at radius 2 is 2.00 bits per heavy atom. The van der Waals surface area contributed by atoms with Crippen molar-refractivity contribution < 1.29 is 24.0 Å². The number of hydrogen-bond acceptors (Lipinski definition) is 6. The molecule has 1 aromatic carbocycles. The van der Waals surface area contributed by atoms with Crippen LogP contribution in [-0.4, -0.2) is 29.5 Å². The lowest BCUT2D eigenvalue weighted by Gasteiger charge is -2.20. The lowest BCUT2D eigenvalue weighted by atomic mass is 9.97. The van der Waals surface area contributed by atoms with Gasteiger partial charge in [-0.3, -0.25) is 14.9 Å². The fourth-order valence-electron chi connectivity index (χ4n) is 1.98. The van der Waals surface area contributed by atoms with Crippen LogP contribution in [-0.2, 0) is 19.1 Å². The molecule has 2 atom stereocenters. The summed E-state index contributed by atoms with van der Waals surface area (Å²) >= 11 is 0. The van der Waals surface area contributed by atoms with Crippen molar-refractivity contribution in [1.82, 2.24) is 0 Å². The average molecular weight is 321 g/mol. The molecule has 23 heavy (non-hydrogen) atoms. The van der Waals surface area contributed by atoms with Crippen LogP contribution in [0.1, 0.15) is 38.0 Å². The summed E-state index contributed by atoms with van der Waals surface area (Å²) in [6, 6.07) is 5.57. The summed E-state index contributed by atoms with van der Waals surface area (Å²) < 4.78 is 9.92. The van der Waals surface area contributed by atoms with Crippen molar-refractivity contribution in [3.8, 4) is 0 Å². The molecule has 0 aliphatic carbocycles. The number of nitrogens with zero attached hydrogens (tertiary/aromatic N) is 1. The Morgan fingerprint density at radius 3 is 2.57 bits per heavy atom. The highest BCUT2D eigenvalue weighted by Gasteiger charge is 2.32. The highest BCUT2D eigenvalue weighted by molar-refractivity contribution is 5.87. The number of carbonyl (C=O) groups is 2. The van der Waals surface area contributed by atoms with E-state index in [2.05, 4.69) is 0 Å².